The van der Waals surface area contributed by atoms with Gasteiger partial charge in [-0.25, -0.2) is 14.2 Å². The lowest BCUT2D eigenvalue weighted by Crippen LogP contribution is -2.27. The van der Waals surface area contributed by atoms with Gasteiger partial charge in [-0.15, -0.1) is 0 Å². The number of halogens is 1. The van der Waals surface area contributed by atoms with Crippen LogP contribution in [0.2, 0.25) is 0 Å². The van der Waals surface area contributed by atoms with Crippen molar-refractivity contribution >= 4 is 5.97 Å². The average molecular weight is 380 g/mol. The van der Waals surface area contributed by atoms with E-state index in [0.717, 1.165) is 38.0 Å². The molecule has 1 saturated heterocycles. The van der Waals surface area contributed by atoms with E-state index < -0.39 is 5.97 Å². The molecular weight excluding hydrogens is 359 g/mol. The SMILES string of the molecule is O=C(O)c1ccnc(-c2cn(CCN3CCCC3c3ccc(F)cc3)cn2)c1. The summed E-state index contributed by atoms with van der Waals surface area (Å²) < 4.78 is 15.2. The van der Waals surface area contributed by atoms with Gasteiger partial charge in [0.05, 0.1) is 17.6 Å². The molecule has 1 N–H and O–H groups in total. The maximum Gasteiger partial charge on any atom is 0.335 e. The van der Waals surface area contributed by atoms with Gasteiger partial charge in [-0.1, -0.05) is 12.1 Å². The van der Waals surface area contributed by atoms with Crippen LogP contribution in [0.1, 0.15) is 34.8 Å². The summed E-state index contributed by atoms with van der Waals surface area (Å²) in [6.45, 7) is 2.65. The second-order valence-electron chi connectivity index (χ2n) is 6.98. The Morgan fingerprint density at radius 2 is 1.96 bits per heavy atom. The third-order valence-electron chi connectivity index (χ3n) is 5.17. The summed E-state index contributed by atoms with van der Waals surface area (Å²) in [6, 6.07) is 10.1. The Kier molecular flexibility index (Phi) is 5.16. The minimum atomic E-state index is -0.982. The lowest BCUT2D eigenvalue weighted by molar-refractivity contribution is 0.0697. The van der Waals surface area contributed by atoms with E-state index in [9.17, 15) is 9.18 Å². The van der Waals surface area contributed by atoms with Crippen LogP contribution in [0.5, 0.6) is 0 Å². The first-order valence-corrected chi connectivity index (χ1v) is 9.31. The summed E-state index contributed by atoms with van der Waals surface area (Å²) >= 11 is 0. The van der Waals surface area contributed by atoms with E-state index in [4.69, 9.17) is 5.11 Å². The van der Waals surface area contributed by atoms with Crippen LogP contribution in [-0.2, 0) is 6.54 Å². The largest absolute Gasteiger partial charge is 0.478 e. The lowest BCUT2D eigenvalue weighted by Gasteiger charge is -2.25. The highest BCUT2D eigenvalue weighted by molar-refractivity contribution is 5.88. The fourth-order valence-electron chi connectivity index (χ4n) is 3.72. The molecule has 1 aliphatic rings. The van der Waals surface area contributed by atoms with Gasteiger partial charge in [0.2, 0.25) is 0 Å². The number of carboxylic acid groups (broad SMARTS) is 1. The highest BCUT2D eigenvalue weighted by Gasteiger charge is 2.25. The molecular formula is C21H21FN4O2. The smallest absolute Gasteiger partial charge is 0.335 e. The van der Waals surface area contributed by atoms with Gasteiger partial charge < -0.3 is 9.67 Å². The van der Waals surface area contributed by atoms with Gasteiger partial charge in [-0.2, -0.15) is 0 Å². The van der Waals surface area contributed by atoms with Crippen LogP contribution >= 0.6 is 0 Å². The number of nitrogens with zero attached hydrogens (tertiary/aromatic N) is 4. The summed E-state index contributed by atoms with van der Waals surface area (Å²) in [5.41, 5.74) is 2.54. The first kappa shape index (κ1) is 18.3. The van der Waals surface area contributed by atoms with Crippen LogP contribution < -0.4 is 0 Å². The lowest BCUT2D eigenvalue weighted by atomic mass is 10.0. The average Bonchev–Trinajstić information content (AvgIpc) is 3.36. The van der Waals surface area contributed by atoms with Crippen molar-refractivity contribution in [1.29, 1.82) is 0 Å². The molecule has 1 aromatic carbocycles. The molecule has 28 heavy (non-hydrogen) atoms. The number of carbonyl (C=O) groups is 1. The standard InChI is InChI=1S/C21H21FN4O2/c22-17-5-3-15(4-6-17)20-2-1-9-26(20)11-10-25-13-19(24-14-25)18-12-16(21(27)28)7-8-23-18/h3-8,12-14,20H,1-2,9-11H2,(H,27,28). The number of hydrogen-bond acceptors (Lipinski definition) is 4. The quantitative estimate of drug-likeness (QED) is 0.707. The molecule has 144 valence electrons. The Hall–Kier alpha value is -3.06. The molecule has 6 nitrogen and oxygen atoms in total. The van der Waals surface area contributed by atoms with Gasteiger partial charge in [0, 0.05) is 31.5 Å². The number of hydrogen-bond donors (Lipinski definition) is 1. The van der Waals surface area contributed by atoms with Crippen molar-refractivity contribution < 1.29 is 14.3 Å². The summed E-state index contributed by atoms with van der Waals surface area (Å²) in [5.74, 6) is -1.19. The predicted molar refractivity (Wildman–Crippen MR) is 102 cm³/mol. The first-order valence-electron chi connectivity index (χ1n) is 9.31. The molecule has 0 radical (unpaired) electrons. The normalized spacial score (nSPS) is 17.1. The maximum absolute atomic E-state index is 13.2. The Morgan fingerprint density at radius 3 is 2.75 bits per heavy atom. The first-order chi connectivity index (χ1) is 13.6. The van der Waals surface area contributed by atoms with Crippen LogP contribution in [0.25, 0.3) is 11.4 Å². The van der Waals surface area contributed by atoms with Crippen LogP contribution in [0.3, 0.4) is 0 Å². The molecule has 0 amide bonds. The zero-order valence-electron chi connectivity index (χ0n) is 15.3. The molecule has 4 rings (SSSR count). The molecule has 1 unspecified atom stereocenters. The molecule has 3 heterocycles. The predicted octanol–water partition coefficient (Wildman–Crippen LogP) is 3.62. The second-order valence-corrected chi connectivity index (χ2v) is 6.98. The van der Waals surface area contributed by atoms with Crippen molar-refractivity contribution in [2.45, 2.75) is 25.4 Å². The van der Waals surface area contributed by atoms with E-state index in [2.05, 4.69) is 14.9 Å². The molecule has 0 saturated carbocycles. The van der Waals surface area contributed by atoms with E-state index in [1.54, 1.807) is 6.33 Å². The van der Waals surface area contributed by atoms with E-state index >= 15 is 0 Å². The Morgan fingerprint density at radius 1 is 1.14 bits per heavy atom. The van der Waals surface area contributed by atoms with Crippen molar-refractivity contribution in [3.8, 4) is 11.4 Å². The maximum atomic E-state index is 13.2. The number of aromatic nitrogens is 3. The highest BCUT2D eigenvalue weighted by Crippen LogP contribution is 2.31. The Bertz CT molecular complexity index is 971. The third-order valence-corrected chi connectivity index (χ3v) is 5.17. The third kappa shape index (κ3) is 3.94. The molecule has 1 aliphatic heterocycles. The number of likely N-dealkylation sites (tertiary alicyclic amines) is 1. The fraction of sp³-hybridized carbons (Fsp3) is 0.286. The van der Waals surface area contributed by atoms with E-state index in [1.807, 2.05) is 22.9 Å². The number of imidazole rings is 1. The van der Waals surface area contributed by atoms with Gasteiger partial charge in [-0.05, 0) is 49.2 Å². The van der Waals surface area contributed by atoms with Crippen molar-refractivity contribution in [1.82, 2.24) is 19.4 Å². The Labute approximate surface area is 162 Å². The van der Waals surface area contributed by atoms with Crippen LogP contribution in [0.4, 0.5) is 4.39 Å². The number of aromatic carboxylic acids is 1. The monoisotopic (exact) mass is 380 g/mol. The molecule has 3 aromatic rings. The van der Waals surface area contributed by atoms with Crippen molar-refractivity contribution in [3.05, 3.63) is 72.1 Å². The van der Waals surface area contributed by atoms with Gasteiger partial charge >= 0.3 is 5.97 Å². The molecule has 0 aliphatic carbocycles. The molecule has 7 heteroatoms. The van der Waals surface area contributed by atoms with Crippen LogP contribution in [0, 0.1) is 5.82 Å². The summed E-state index contributed by atoms with van der Waals surface area (Å²) in [6.07, 6.45) is 7.32. The summed E-state index contributed by atoms with van der Waals surface area (Å²) in [4.78, 5) is 22.1. The molecule has 1 atom stereocenters. The second kappa shape index (κ2) is 7.90. The van der Waals surface area contributed by atoms with Crippen LogP contribution in [-0.4, -0.2) is 43.6 Å². The topological polar surface area (TPSA) is 71.2 Å². The fourth-order valence-corrected chi connectivity index (χ4v) is 3.72. The van der Waals surface area contributed by atoms with Gasteiger partial charge in [0.1, 0.15) is 11.5 Å². The van der Waals surface area contributed by atoms with Gasteiger partial charge in [0.15, 0.2) is 0 Å². The van der Waals surface area contributed by atoms with Crippen LogP contribution in [0.15, 0.2) is 55.1 Å². The number of benzene rings is 1. The van der Waals surface area contributed by atoms with Crippen molar-refractivity contribution in [2.24, 2.45) is 0 Å². The summed E-state index contributed by atoms with van der Waals surface area (Å²) in [7, 11) is 0. The molecule has 0 spiro atoms. The van der Waals surface area contributed by atoms with Crippen molar-refractivity contribution in [3.63, 3.8) is 0 Å². The zero-order chi connectivity index (χ0) is 19.5. The number of rotatable bonds is 6. The Balaban J connectivity index is 1.42. The molecule has 0 bridgehead atoms. The number of carboxylic acids is 1. The van der Waals surface area contributed by atoms with Gasteiger partial charge in [0.25, 0.3) is 0 Å². The number of pyridine rings is 1. The highest BCUT2D eigenvalue weighted by atomic mass is 19.1. The van der Waals surface area contributed by atoms with Gasteiger partial charge in [-0.3, -0.25) is 9.88 Å². The van der Waals surface area contributed by atoms with E-state index in [0.29, 0.717) is 17.4 Å². The minimum absolute atomic E-state index is 0.193. The van der Waals surface area contributed by atoms with E-state index in [1.165, 1.54) is 30.5 Å². The van der Waals surface area contributed by atoms with Crippen molar-refractivity contribution in [2.75, 3.05) is 13.1 Å². The minimum Gasteiger partial charge on any atom is -0.478 e. The van der Waals surface area contributed by atoms with E-state index in [-0.39, 0.29) is 11.4 Å². The molecule has 2 aromatic heterocycles. The zero-order valence-corrected chi connectivity index (χ0v) is 15.3. The molecule has 1 fully saturated rings. The summed E-state index contributed by atoms with van der Waals surface area (Å²) in [5, 5.41) is 9.12.